The monoisotopic (exact) mass is 362 g/mol. The molecule has 0 radical (unpaired) electrons. The Bertz CT molecular complexity index is 979. The van der Waals surface area contributed by atoms with Gasteiger partial charge < -0.3 is 15.3 Å². The topological polar surface area (TPSA) is 94.8 Å². The van der Waals surface area contributed by atoms with Crippen LogP contribution in [0.4, 0.5) is 0 Å². The summed E-state index contributed by atoms with van der Waals surface area (Å²) in [7, 11) is 0. The SMILES string of the molecule is O=C(O)c1cc(Cc2ccccc2)c(O)c(Cc2ccccc2)c1C(=O)O. The van der Waals surface area contributed by atoms with Crippen molar-refractivity contribution in [2.75, 3.05) is 0 Å². The van der Waals surface area contributed by atoms with Gasteiger partial charge in [-0.3, -0.25) is 0 Å². The minimum atomic E-state index is -1.38. The van der Waals surface area contributed by atoms with Crippen molar-refractivity contribution in [3.63, 3.8) is 0 Å². The first-order chi connectivity index (χ1) is 13.0. The van der Waals surface area contributed by atoms with Crippen LogP contribution in [0.25, 0.3) is 0 Å². The van der Waals surface area contributed by atoms with Gasteiger partial charge in [0.2, 0.25) is 0 Å². The van der Waals surface area contributed by atoms with Gasteiger partial charge in [-0.15, -0.1) is 0 Å². The van der Waals surface area contributed by atoms with E-state index in [-0.39, 0.29) is 28.9 Å². The molecule has 5 nitrogen and oxygen atoms in total. The van der Waals surface area contributed by atoms with Gasteiger partial charge in [0.25, 0.3) is 0 Å². The number of aromatic carboxylic acids is 2. The molecule has 0 bridgehead atoms. The lowest BCUT2D eigenvalue weighted by molar-refractivity contribution is 0.0650. The Hall–Kier alpha value is -3.60. The van der Waals surface area contributed by atoms with Gasteiger partial charge in [-0.2, -0.15) is 0 Å². The van der Waals surface area contributed by atoms with Crippen molar-refractivity contribution >= 4 is 11.9 Å². The Balaban J connectivity index is 2.18. The molecule has 0 saturated carbocycles. The molecule has 0 aliphatic heterocycles. The fourth-order valence-corrected chi connectivity index (χ4v) is 3.13. The molecule has 27 heavy (non-hydrogen) atoms. The molecule has 0 atom stereocenters. The van der Waals surface area contributed by atoms with E-state index < -0.39 is 11.9 Å². The zero-order valence-corrected chi connectivity index (χ0v) is 14.4. The molecule has 0 amide bonds. The van der Waals surface area contributed by atoms with Crippen LogP contribution in [0.1, 0.15) is 43.0 Å². The fourth-order valence-electron chi connectivity index (χ4n) is 3.13. The van der Waals surface area contributed by atoms with Crippen LogP contribution in [0.5, 0.6) is 5.75 Å². The van der Waals surface area contributed by atoms with E-state index in [0.717, 1.165) is 11.1 Å². The highest BCUT2D eigenvalue weighted by molar-refractivity contribution is 6.03. The third-order valence-electron chi connectivity index (χ3n) is 4.39. The lowest BCUT2D eigenvalue weighted by atomic mass is 9.90. The first-order valence-corrected chi connectivity index (χ1v) is 8.39. The molecule has 3 aromatic rings. The Kier molecular flexibility index (Phi) is 5.22. The van der Waals surface area contributed by atoms with E-state index >= 15 is 0 Å². The molecular weight excluding hydrogens is 344 g/mol. The minimum absolute atomic E-state index is 0.111. The maximum absolute atomic E-state index is 11.8. The third kappa shape index (κ3) is 3.98. The number of carboxylic acids is 2. The first kappa shape index (κ1) is 18.2. The van der Waals surface area contributed by atoms with Crippen LogP contribution in [0, 0.1) is 0 Å². The van der Waals surface area contributed by atoms with Gasteiger partial charge in [0.05, 0.1) is 11.1 Å². The molecule has 0 aliphatic rings. The predicted molar refractivity (Wildman–Crippen MR) is 101 cm³/mol. The summed E-state index contributed by atoms with van der Waals surface area (Å²) < 4.78 is 0. The lowest BCUT2D eigenvalue weighted by Gasteiger charge is -2.16. The number of aromatic hydroxyl groups is 1. The molecule has 0 aliphatic carbocycles. The van der Waals surface area contributed by atoms with Crippen LogP contribution in [-0.2, 0) is 12.8 Å². The van der Waals surface area contributed by atoms with Crippen LogP contribution in [0.3, 0.4) is 0 Å². The van der Waals surface area contributed by atoms with Gasteiger partial charge in [-0.1, -0.05) is 60.7 Å². The van der Waals surface area contributed by atoms with Crippen molar-refractivity contribution < 1.29 is 24.9 Å². The molecule has 0 heterocycles. The summed E-state index contributed by atoms with van der Waals surface area (Å²) >= 11 is 0. The summed E-state index contributed by atoms with van der Waals surface area (Å²) in [6, 6.07) is 19.6. The van der Waals surface area contributed by atoms with Crippen LogP contribution >= 0.6 is 0 Å². The first-order valence-electron chi connectivity index (χ1n) is 8.39. The Morgan fingerprint density at radius 2 is 1.26 bits per heavy atom. The average molecular weight is 362 g/mol. The molecule has 136 valence electrons. The van der Waals surface area contributed by atoms with Crippen LogP contribution < -0.4 is 0 Å². The molecule has 0 aromatic heterocycles. The summed E-state index contributed by atoms with van der Waals surface area (Å²) in [5.41, 5.74) is 1.47. The predicted octanol–water partition coefficient (Wildman–Crippen LogP) is 3.97. The van der Waals surface area contributed by atoms with E-state index in [9.17, 15) is 24.9 Å². The number of phenolic OH excluding ortho intramolecular Hbond substituents is 1. The smallest absolute Gasteiger partial charge is 0.337 e. The zero-order chi connectivity index (χ0) is 19.4. The van der Waals surface area contributed by atoms with E-state index in [2.05, 4.69) is 0 Å². The number of rotatable bonds is 6. The largest absolute Gasteiger partial charge is 0.507 e. The molecule has 0 unspecified atom stereocenters. The maximum Gasteiger partial charge on any atom is 0.337 e. The van der Waals surface area contributed by atoms with E-state index in [1.54, 1.807) is 24.3 Å². The van der Waals surface area contributed by atoms with Gasteiger partial charge >= 0.3 is 11.9 Å². The van der Waals surface area contributed by atoms with Gasteiger partial charge in [0, 0.05) is 18.4 Å². The molecule has 5 heteroatoms. The summed E-state index contributed by atoms with van der Waals surface area (Å²) in [4.78, 5) is 23.5. The van der Waals surface area contributed by atoms with Crippen molar-refractivity contribution in [1.29, 1.82) is 0 Å². The fraction of sp³-hybridized carbons (Fsp3) is 0.0909. The zero-order valence-electron chi connectivity index (χ0n) is 14.4. The quantitative estimate of drug-likeness (QED) is 0.617. The van der Waals surface area contributed by atoms with E-state index in [1.807, 2.05) is 36.4 Å². The maximum atomic E-state index is 11.8. The van der Waals surface area contributed by atoms with E-state index in [1.165, 1.54) is 6.07 Å². The van der Waals surface area contributed by atoms with Crippen molar-refractivity contribution in [2.24, 2.45) is 0 Å². The second-order valence-electron chi connectivity index (χ2n) is 6.22. The summed E-state index contributed by atoms with van der Waals surface area (Å²) in [5, 5.41) is 29.9. The summed E-state index contributed by atoms with van der Waals surface area (Å²) in [5.74, 6) is -2.89. The number of carboxylic acid groups (broad SMARTS) is 2. The normalized spacial score (nSPS) is 10.5. The number of hydrogen-bond donors (Lipinski definition) is 3. The van der Waals surface area contributed by atoms with E-state index in [4.69, 9.17) is 0 Å². The number of hydrogen-bond acceptors (Lipinski definition) is 3. The number of phenols is 1. The lowest BCUT2D eigenvalue weighted by Crippen LogP contribution is -2.14. The summed E-state index contributed by atoms with van der Waals surface area (Å²) in [6.07, 6.45) is 0.422. The van der Waals surface area contributed by atoms with Crippen LogP contribution in [0.2, 0.25) is 0 Å². The highest BCUT2D eigenvalue weighted by atomic mass is 16.4. The van der Waals surface area contributed by atoms with Gasteiger partial charge in [0.1, 0.15) is 5.75 Å². The van der Waals surface area contributed by atoms with Crippen LogP contribution in [0.15, 0.2) is 66.7 Å². The Morgan fingerprint density at radius 1 is 0.741 bits per heavy atom. The highest BCUT2D eigenvalue weighted by Gasteiger charge is 2.26. The molecule has 0 saturated heterocycles. The van der Waals surface area contributed by atoms with Crippen LogP contribution in [-0.4, -0.2) is 27.3 Å². The van der Waals surface area contributed by atoms with Gasteiger partial charge in [-0.05, 0) is 22.8 Å². The van der Waals surface area contributed by atoms with Crippen molar-refractivity contribution in [2.45, 2.75) is 12.8 Å². The van der Waals surface area contributed by atoms with Crippen molar-refractivity contribution in [3.8, 4) is 5.75 Å². The minimum Gasteiger partial charge on any atom is -0.507 e. The Labute approximate surface area is 156 Å². The molecule has 3 N–H and O–H groups in total. The molecule has 3 rings (SSSR count). The highest BCUT2D eigenvalue weighted by Crippen LogP contribution is 2.33. The molecular formula is C22H18O5. The van der Waals surface area contributed by atoms with Crippen molar-refractivity contribution in [3.05, 3.63) is 100 Å². The second kappa shape index (κ2) is 7.74. The molecule has 3 aromatic carbocycles. The van der Waals surface area contributed by atoms with Crippen molar-refractivity contribution in [1.82, 2.24) is 0 Å². The molecule has 0 spiro atoms. The van der Waals surface area contributed by atoms with Gasteiger partial charge in [-0.25, -0.2) is 9.59 Å². The Morgan fingerprint density at radius 3 is 1.74 bits per heavy atom. The standard InChI is InChI=1S/C22H18O5/c23-20-16(11-14-7-3-1-4-8-14)13-18(21(24)25)19(22(26)27)17(20)12-15-9-5-2-6-10-15/h1-10,13,23H,11-12H2,(H,24,25)(H,26,27). The second-order valence-corrected chi connectivity index (χ2v) is 6.22. The summed E-state index contributed by atoms with van der Waals surface area (Å²) in [6.45, 7) is 0. The van der Waals surface area contributed by atoms with Gasteiger partial charge in [0.15, 0.2) is 0 Å². The third-order valence-corrected chi connectivity index (χ3v) is 4.39. The van der Waals surface area contributed by atoms with E-state index in [0.29, 0.717) is 12.0 Å². The number of carbonyl (C=O) groups is 2. The number of benzene rings is 3. The molecule has 0 fully saturated rings. The average Bonchev–Trinajstić information content (AvgIpc) is 2.66.